The third-order valence-electron chi connectivity index (χ3n) is 17.4. The fourth-order valence-electron chi connectivity index (χ4n) is 13.6. The molecule has 8 rings (SSSR count). The Kier molecular flexibility index (Phi) is 14.0. The highest BCUT2D eigenvalue weighted by molar-refractivity contribution is 5.29. The van der Waals surface area contributed by atoms with Crippen LogP contribution in [0.4, 0.5) is 0 Å². The molecule has 8 aliphatic rings. The summed E-state index contributed by atoms with van der Waals surface area (Å²) in [4.78, 5) is 0. The zero-order chi connectivity index (χ0) is 45.7. The summed E-state index contributed by atoms with van der Waals surface area (Å²) in [6.07, 6.45) is -14.6. The molecule has 7 fully saturated rings. The molecule has 0 aromatic heterocycles. The van der Waals surface area contributed by atoms with Crippen molar-refractivity contribution in [3.63, 3.8) is 0 Å². The smallest absolute Gasteiger partial charge is 0.187 e. The fourth-order valence-corrected chi connectivity index (χ4v) is 13.6. The Labute approximate surface area is 369 Å². The Morgan fingerprint density at radius 1 is 0.762 bits per heavy atom. The number of fused-ring (bicyclic) bond motifs is 7. The van der Waals surface area contributed by atoms with Crippen LogP contribution in [0.15, 0.2) is 11.6 Å². The minimum Gasteiger partial charge on any atom is -0.394 e. The van der Waals surface area contributed by atoms with E-state index in [-0.39, 0.29) is 60.1 Å². The first kappa shape index (κ1) is 48.5. The maximum absolute atomic E-state index is 12.1. The van der Waals surface area contributed by atoms with Crippen molar-refractivity contribution in [1.82, 2.24) is 0 Å². The first-order valence-corrected chi connectivity index (χ1v) is 23.4. The van der Waals surface area contributed by atoms with Gasteiger partial charge in [-0.05, 0) is 87.4 Å². The van der Waals surface area contributed by atoms with E-state index in [2.05, 4.69) is 26.8 Å². The molecule has 0 unspecified atom stereocenters. The summed E-state index contributed by atoms with van der Waals surface area (Å²) in [6, 6.07) is 0. The van der Waals surface area contributed by atoms with Gasteiger partial charge in [0.1, 0.15) is 61.0 Å². The van der Waals surface area contributed by atoms with Crippen LogP contribution in [0.1, 0.15) is 92.9 Å². The van der Waals surface area contributed by atoms with Crippen LogP contribution in [0.2, 0.25) is 0 Å². The third kappa shape index (κ3) is 8.30. The van der Waals surface area contributed by atoms with Crippen molar-refractivity contribution < 1.29 is 89.3 Å². The van der Waals surface area contributed by atoms with E-state index < -0.39 is 122 Å². The average Bonchev–Trinajstić information content (AvgIpc) is 3.68. The Balaban J connectivity index is 0.957. The summed E-state index contributed by atoms with van der Waals surface area (Å²) in [7, 11) is 0. The molecule has 18 heteroatoms. The van der Waals surface area contributed by atoms with E-state index >= 15 is 0 Å². The second kappa shape index (κ2) is 18.2. The number of ether oxygens (including phenoxy) is 7. The molecule has 362 valence electrons. The van der Waals surface area contributed by atoms with Crippen molar-refractivity contribution >= 4 is 0 Å². The second-order valence-corrected chi connectivity index (χ2v) is 21.1. The highest BCUT2D eigenvalue weighted by atomic mass is 16.8. The van der Waals surface area contributed by atoms with E-state index in [1.54, 1.807) is 6.92 Å². The SMILES string of the molecule is C[C@H](CC[C@]1(O)O[C@H]2C[C@H]3[C@@H]4CC=C5C[C@@H](O)C[C@@H](O[C@@H]6O[C@H](CO)[C@H](O)[C@H](O)[C@H]6O[C@@H]6O[C@@H](C)[C@H](O)[C@@H](O)[C@H]6O)[C@]5(C)[C@H]4CC[C@]3(C)[C@H]2[C@@H]1C)CO[C@@H]1O[C@@H](C)[C@H](O)[C@@H](O)[C@H]1O. The number of rotatable bonds is 11. The van der Waals surface area contributed by atoms with Crippen molar-refractivity contribution in [2.75, 3.05) is 13.2 Å². The van der Waals surface area contributed by atoms with Gasteiger partial charge in [0.15, 0.2) is 24.7 Å². The van der Waals surface area contributed by atoms with Gasteiger partial charge in [-0.1, -0.05) is 39.3 Å². The second-order valence-electron chi connectivity index (χ2n) is 21.1. The molecule has 0 aromatic rings. The molecule has 27 atom stereocenters. The molecule has 0 aromatic carbocycles. The van der Waals surface area contributed by atoms with Gasteiger partial charge in [0, 0.05) is 24.2 Å². The first-order valence-electron chi connectivity index (χ1n) is 23.4. The quantitative estimate of drug-likeness (QED) is 0.113. The van der Waals surface area contributed by atoms with Gasteiger partial charge in [0.05, 0.1) is 43.7 Å². The number of aliphatic hydroxyl groups is 11. The lowest BCUT2D eigenvalue weighted by Crippen LogP contribution is -2.65. The fraction of sp³-hybridized carbons (Fsp3) is 0.956. The number of hydrogen-bond acceptors (Lipinski definition) is 18. The molecule has 11 N–H and O–H groups in total. The van der Waals surface area contributed by atoms with Crippen LogP contribution in [0, 0.1) is 46.3 Å². The molecule has 3 saturated carbocycles. The zero-order valence-corrected chi connectivity index (χ0v) is 37.3. The minimum atomic E-state index is -1.71. The predicted octanol–water partition coefficient (Wildman–Crippen LogP) is -0.833. The van der Waals surface area contributed by atoms with Crippen molar-refractivity contribution in [3.05, 3.63) is 11.6 Å². The van der Waals surface area contributed by atoms with Gasteiger partial charge in [0.2, 0.25) is 0 Å². The van der Waals surface area contributed by atoms with E-state index in [1.165, 1.54) is 6.92 Å². The number of hydrogen-bond donors (Lipinski definition) is 11. The highest BCUT2D eigenvalue weighted by Crippen LogP contribution is 2.70. The van der Waals surface area contributed by atoms with Crippen molar-refractivity contribution in [2.24, 2.45) is 46.3 Å². The largest absolute Gasteiger partial charge is 0.394 e. The molecular formula is C45H74O18. The van der Waals surface area contributed by atoms with Gasteiger partial charge in [0.25, 0.3) is 0 Å². The summed E-state index contributed by atoms with van der Waals surface area (Å²) in [5.74, 6) is -0.820. The van der Waals surface area contributed by atoms with Crippen LogP contribution < -0.4 is 0 Å². The molecule has 4 aliphatic carbocycles. The Hall–Kier alpha value is -0.980. The van der Waals surface area contributed by atoms with Crippen LogP contribution in [0.25, 0.3) is 0 Å². The van der Waals surface area contributed by atoms with Gasteiger partial charge in [-0.3, -0.25) is 0 Å². The first-order chi connectivity index (χ1) is 29.6. The summed E-state index contributed by atoms with van der Waals surface area (Å²) in [5, 5.41) is 118. The lowest BCUT2D eigenvalue weighted by Gasteiger charge is -2.60. The summed E-state index contributed by atoms with van der Waals surface area (Å²) >= 11 is 0. The molecule has 63 heavy (non-hydrogen) atoms. The summed E-state index contributed by atoms with van der Waals surface area (Å²) in [6.45, 7) is 11.3. The maximum atomic E-state index is 12.1. The van der Waals surface area contributed by atoms with Crippen molar-refractivity contribution in [2.45, 2.75) is 209 Å². The van der Waals surface area contributed by atoms with Crippen LogP contribution in [-0.4, -0.2) is 186 Å². The van der Waals surface area contributed by atoms with Gasteiger partial charge in [-0.25, -0.2) is 0 Å². The standard InChI is InChI=1S/C45H74O18/c1-18(17-57-40-37(54)34(51)31(48)20(3)58-40)9-12-45(56)19(2)30-27(63-45)15-26-24-8-7-22-13-23(47)14-29(44(22,6)25(24)10-11-43(26,30)5)61-42-39(36(53)33(50)28(16-46)60-42)62-41-38(55)35(52)32(49)21(4)59-41/h7,18-21,23-42,46-56H,8-17H2,1-6H3/t18-,19+,20+,21+,23-,24-,25+,26+,27+,28-,29-,30+,31+,32+,33+,34-,35-,36+,37-,38-,39-,40-,41+,42+,43+,44+,45+/m1/s1. The Morgan fingerprint density at radius 3 is 2.08 bits per heavy atom. The molecule has 4 saturated heterocycles. The minimum absolute atomic E-state index is 0.0335. The van der Waals surface area contributed by atoms with E-state index in [9.17, 15) is 56.2 Å². The molecule has 18 nitrogen and oxygen atoms in total. The van der Waals surface area contributed by atoms with Crippen molar-refractivity contribution in [1.29, 1.82) is 0 Å². The molecule has 0 amide bonds. The predicted molar refractivity (Wildman–Crippen MR) is 218 cm³/mol. The van der Waals surface area contributed by atoms with Crippen LogP contribution in [0.5, 0.6) is 0 Å². The molecule has 4 aliphatic heterocycles. The van der Waals surface area contributed by atoms with Gasteiger partial charge in [-0.2, -0.15) is 0 Å². The lowest BCUT2D eigenvalue weighted by molar-refractivity contribution is -0.374. The van der Waals surface area contributed by atoms with Crippen LogP contribution in [-0.2, 0) is 33.2 Å². The van der Waals surface area contributed by atoms with E-state index in [0.29, 0.717) is 19.3 Å². The van der Waals surface area contributed by atoms with Crippen LogP contribution >= 0.6 is 0 Å². The summed E-state index contributed by atoms with van der Waals surface area (Å²) < 4.78 is 42.8. The average molecular weight is 903 g/mol. The number of aliphatic hydroxyl groups excluding tert-OH is 10. The number of allylic oxidation sites excluding steroid dienone is 1. The van der Waals surface area contributed by atoms with E-state index in [1.807, 2.05) is 6.92 Å². The Bertz CT molecular complexity index is 1620. The Morgan fingerprint density at radius 2 is 1.41 bits per heavy atom. The third-order valence-corrected chi connectivity index (χ3v) is 17.4. The van der Waals surface area contributed by atoms with Gasteiger partial charge in [-0.15, -0.1) is 0 Å². The molecular weight excluding hydrogens is 828 g/mol. The summed E-state index contributed by atoms with van der Waals surface area (Å²) in [5.41, 5.74) is 0.341. The molecule has 0 radical (unpaired) electrons. The van der Waals surface area contributed by atoms with Gasteiger partial charge >= 0.3 is 0 Å². The maximum Gasteiger partial charge on any atom is 0.187 e. The molecule has 0 bridgehead atoms. The van der Waals surface area contributed by atoms with Crippen LogP contribution in [0.3, 0.4) is 0 Å². The van der Waals surface area contributed by atoms with Crippen molar-refractivity contribution in [3.8, 4) is 0 Å². The monoisotopic (exact) mass is 902 g/mol. The lowest BCUT2D eigenvalue weighted by atomic mass is 9.46. The molecule has 4 heterocycles. The molecule has 0 spiro atoms. The normalized spacial score (nSPS) is 56.2. The topological polar surface area (TPSA) is 287 Å². The van der Waals surface area contributed by atoms with E-state index in [4.69, 9.17) is 33.2 Å². The van der Waals surface area contributed by atoms with Gasteiger partial charge < -0.3 is 89.3 Å². The van der Waals surface area contributed by atoms with E-state index in [0.717, 1.165) is 31.3 Å². The highest BCUT2D eigenvalue weighted by Gasteiger charge is 2.69. The zero-order valence-electron chi connectivity index (χ0n) is 37.3.